The van der Waals surface area contributed by atoms with E-state index in [2.05, 4.69) is 51.8 Å². The van der Waals surface area contributed by atoms with Crippen molar-refractivity contribution < 1.29 is 9.94 Å². The monoisotopic (exact) mass is 277 g/mol. The Labute approximate surface area is 122 Å². The summed E-state index contributed by atoms with van der Waals surface area (Å²) in [5, 5.41) is 12.2. The van der Waals surface area contributed by atoms with Crippen LogP contribution < -0.4 is 0 Å². The lowest BCUT2D eigenvalue weighted by atomic mass is 9.80. The molecule has 0 saturated carbocycles. The molecule has 1 aromatic rings. The summed E-state index contributed by atoms with van der Waals surface area (Å²) in [6.45, 7) is 10.6. The maximum absolute atomic E-state index is 10.1. The Hall–Kier alpha value is -0.900. The van der Waals surface area contributed by atoms with E-state index in [1.165, 1.54) is 5.56 Å². The van der Waals surface area contributed by atoms with Gasteiger partial charge in [-0.3, -0.25) is 4.84 Å². The van der Waals surface area contributed by atoms with Gasteiger partial charge in [0, 0.05) is 11.1 Å². The predicted molar refractivity (Wildman–Crippen MR) is 81.2 cm³/mol. The van der Waals surface area contributed by atoms with Crippen LogP contribution in [0.25, 0.3) is 0 Å². The highest BCUT2D eigenvalue weighted by Gasteiger charge is 2.46. The number of benzene rings is 1. The molecule has 1 aromatic carbocycles. The Kier molecular flexibility index (Phi) is 4.24. The molecule has 1 aliphatic rings. The molecule has 3 nitrogen and oxygen atoms in total. The Bertz CT molecular complexity index is 424. The topological polar surface area (TPSA) is 32.7 Å². The maximum Gasteiger partial charge on any atom is 0.102 e. The molecule has 0 spiro atoms. The van der Waals surface area contributed by atoms with Crippen molar-refractivity contribution in [1.82, 2.24) is 5.06 Å². The normalized spacial score (nSPS) is 24.5. The quantitative estimate of drug-likeness (QED) is 0.914. The molecule has 0 aliphatic carbocycles. The van der Waals surface area contributed by atoms with Gasteiger partial charge in [-0.2, -0.15) is 5.06 Å². The first kappa shape index (κ1) is 15.5. The molecule has 0 unspecified atom stereocenters. The fourth-order valence-electron chi connectivity index (χ4n) is 3.44. The molecule has 1 heterocycles. The Morgan fingerprint density at radius 2 is 1.60 bits per heavy atom. The van der Waals surface area contributed by atoms with Gasteiger partial charge >= 0.3 is 0 Å². The third kappa shape index (κ3) is 3.22. The van der Waals surface area contributed by atoms with Gasteiger partial charge < -0.3 is 5.11 Å². The number of hydrogen-bond donors (Lipinski definition) is 1. The van der Waals surface area contributed by atoms with Crippen molar-refractivity contribution in [2.45, 2.75) is 70.7 Å². The fourth-order valence-corrected chi connectivity index (χ4v) is 3.44. The van der Waals surface area contributed by atoms with Gasteiger partial charge in [0.1, 0.15) is 6.10 Å². The molecule has 112 valence electrons. The minimum absolute atomic E-state index is 0.00462. The molecule has 0 radical (unpaired) electrons. The molecule has 1 aliphatic heterocycles. The molecule has 3 heteroatoms. The second-order valence-electron chi connectivity index (χ2n) is 7.14. The van der Waals surface area contributed by atoms with Gasteiger partial charge in [0.15, 0.2) is 0 Å². The molecular weight excluding hydrogens is 250 g/mol. The highest BCUT2D eigenvalue weighted by molar-refractivity contribution is 5.16. The first-order valence-corrected chi connectivity index (χ1v) is 7.42. The van der Waals surface area contributed by atoms with Crippen molar-refractivity contribution in [3.8, 4) is 0 Å². The summed E-state index contributed by atoms with van der Waals surface area (Å²) in [5.41, 5.74) is 0.819. The third-order valence-electron chi connectivity index (χ3n) is 4.10. The van der Waals surface area contributed by atoms with E-state index >= 15 is 0 Å². The van der Waals surface area contributed by atoms with E-state index in [4.69, 9.17) is 4.84 Å². The largest absolute Gasteiger partial charge is 0.393 e. The van der Waals surface area contributed by atoms with Gasteiger partial charge in [0.25, 0.3) is 0 Å². The minimum atomic E-state index is -0.258. The van der Waals surface area contributed by atoms with E-state index in [1.807, 2.05) is 18.2 Å². The van der Waals surface area contributed by atoms with Crippen LogP contribution >= 0.6 is 0 Å². The summed E-state index contributed by atoms with van der Waals surface area (Å²) < 4.78 is 0. The smallest absolute Gasteiger partial charge is 0.102 e. The van der Waals surface area contributed by atoms with Crippen LogP contribution in [0.3, 0.4) is 0 Å². The van der Waals surface area contributed by atoms with E-state index in [1.54, 1.807) is 0 Å². The van der Waals surface area contributed by atoms with Crippen molar-refractivity contribution in [3.63, 3.8) is 0 Å². The van der Waals surface area contributed by atoms with Crippen LogP contribution in [0, 0.1) is 0 Å². The van der Waals surface area contributed by atoms with Gasteiger partial charge in [0.2, 0.25) is 0 Å². The second kappa shape index (κ2) is 5.47. The average molecular weight is 277 g/mol. The molecule has 1 atom stereocenters. The van der Waals surface area contributed by atoms with E-state index in [-0.39, 0.29) is 23.3 Å². The van der Waals surface area contributed by atoms with Crippen LogP contribution in [-0.4, -0.2) is 27.4 Å². The van der Waals surface area contributed by atoms with Crippen LogP contribution in [0.5, 0.6) is 0 Å². The lowest BCUT2D eigenvalue weighted by molar-refractivity contribution is -0.313. The van der Waals surface area contributed by atoms with Crippen molar-refractivity contribution in [3.05, 3.63) is 35.9 Å². The summed E-state index contributed by atoms with van der Waals surface area (Å²) in [6.07, 6.45) is 1.22. The van der Waals surface area contributed by atoms with Gasteiger partial charge in [-0.25, -0.2) is 0 Å². The average Bonchev–Trinajstić information content (AvgIpc) is 2.33. The molecule has 1 fully saturated rings. The Morgan fingerprint density at radius 1 is 1.10 bits per heavy atom. The summed E-state index contributed by atoms with van der Waals surface area (Å²) >= 11 is 0. The maximum atomic E-state index is 10.1. The minimum Gasteiger partial charge on any atom is -0.393 e. The number of rotatable bonds is 3. The number of nitrogens with zero attached hydrogens (tertiary/aromatic N) is 1. The molecule has 0 aromatic heterocycles. The summed E-state index contributed by atoms with van der Waals surface area (Å²) in [6, 6.07) is 10.3. The van der Waals surface area contributed by atoms with Gasteiger partial charge in [-0.15, -0.1) is 0 Å². The highest BCUT2D eigenvalue weighted by atomic mass is 16.7. The summed E-state index contributed by atoms with van der Waals surface area (Å²) in [5.74, 6) is 0. The second-order valence-corrected chi connectivity index (χ2v) is 7.14. The number of hydroxylamine groups is 2. The number of aliphatic hydroxyl groups excluding tert-OH is 1. The number of hydrogen-bond acceptors (Lipinski definition) is 3. The molecule has 1 N–H and O–H groups in total. The Balaban J connectivity index is 2.18. The standard InChI is InChI=1S/C17H27NO2/c1-13(14-9-7-6-8-10-14)20-18-16(2,3)11-15(19)12-17(18,4)5/h6-10,13,15,19H,11-12H2,1-5H3/t13-/m1/s1. The third-order valence-corrected chi connectivity index (χ3v) is 4.10. The molecule has 0 amide bonds. The van der Waals surface area contributed by atoms with E-state index < -0.39 is 0 Å². The summed E-state index contributed by atoms with van der Waals surface area (Å²) in [7, 11) is 0. The zero-order valence-corrected chi connectivity index (χ0v) is 13.3. The fraction of sp³-hybridized carbons (Fsp3) is 0.647. The Morgan fingerprint density at radius 3 is 2.10 bits per heavy atom. The number of aliphatic hydroxyl groups is 1. The SMILES string of the molecule is C[C@@H](ON1C(C)(C)CC(O)CC1(C)C)c1ccccc1. The number of piperidine rings is 1. The molecule has 2 rings (SSSR count). The lowest BCUT2D eigenvalue weighted by Gasteiger charge is -2.53. The first-order chi connectivity index (χ1) is 9.22. The van der Waals surface area contributed by atoms with Crippen molar-refractivity contribution in [2.24, 2.45) is 0 Å². The van der Waals surface area contributed by atoms with Crippen LogP contribution in [0.1, 0.15) is 59.1 Å². The van der Waals surface area contributed by atoms with Crippen molar-refractivity contribution >= 4 is 0 Å². The van der Waals surface area contributed by atoms with Crippen molar-refractivity contribution in [1.29, 1.82) is 0 Å². The van der Waals surface area contributed by atoms with E-state index in [0.717, 1.165) is 12.8 Å². The molecule has 1 saturated heterocycles. The van der Waals surface area contributed by atoms with Crippen LogP contribution in [-0.2, 0) is 4.84 Å². The zero-order chi connectivity index (χ0) is 15.0. The lowest BCUT2D eigenvalue weighted by Crippen LogP contribution is -2.61. The van der Waals surface area contributed by atoms with E-state index in [0.29, 0.717) is 0 Å². The van der Waals surface area contributed by atoms with Gasteiger partial charge in [0.05, 0.1) is 6.10 Å². The van der Waals surface area contributed by atoms with Crippen LogP contribution in [0.2, 0.25) is 0 Å². The molecular formula is C17H27NO2. The van der Waals surface area contributed by atoms with E-state index in [9.17, 15) is 5.11 Å². The van der Waals surface area contributed by atoms with Crippen LogP contribution in [0.15, 0.2) is 30.3 Å². The van der Waals surface area contributed by atoms with Gasteiger partial charge in [-0.1, -0.05) is 30.3 Å². The summed E-state index contributed by atoms with van der Waals surface area (Å²) in [4.78, 5) is 6.28. The van der Waals surface area contributed by atoms with Crippen molar-refractivity contribution in [2.75, 3.05) is 0 Å². The molecule has 20 heavy (non-hydrogen) atoms. The van der Waals surface area contributed by atoms with Gasteiger partial charge in [-0.05, 0) is 53.0 Å². The first-order valence-electron chi connectivity index (χ1n) is 7.42. The molecule has 0 bridgehead atoms. The highest BCUT2D eigenvalue weighted by Crippen LogP contribution is 2.40. The predicted octanol–water partition coefficient (Wildman–Crippen LogP) is 3.69. The van der Waals surface area contributed by atoms with Crippen LogP contribution in [0.4, 0.5) is 0 Å². The zero-order valence-electron chi connectivity index (χ0n) is 13.3.